The van der Waals surface area contributed by atoms with Gasteiger partial charge in [0.05, 0.1) is 18.7 Å². The summed E-state index contributed by atoms with van der Waals surface area (Å²) in [6.07, 6.45) is 3.74. The first kappa shape index (κ1) is 9.70. The molecular weight excluding hydrogens is 202 g/mol. The first-order valence-corrected chi connectivity index (χ1v) is 5.79. The largest absolute Gasteiger partial charge is 0.496 e. The lowest BCUT2D eigenvalue weighted by Gasteiger charge is -2.31. The van der Waals surface area contributed by atoms with Crippen molar-refractivity contribution in [2.45, 2.75) is 25.3 Å². The van der Waals surface area contributed by atoms with Crippen molar-refractivity contribution in [1.82, 2.24) is 5.32 Å². The second kappa shape index (κ2) is 3.51. The molecule has 1 unspecified atom stereocenters. The molecule has 3 rings (SSSR count). The maximum atomic E-state index is 11.9. The Morgan fingerprint density at radius 1 is 1.38 bits per heavy atom. The van der Waals surface area contributed by atoms with Crippen LogP contribution in [0.1, 0.15) is 41.2 Å². The predicted molar refractivity (Wildman–Crippen MR) is 60.5 cm³/mol. The molecule has 0 bridgehead atoms. The summed E-state index contributed by atoms with van der Waals surface area (Å²) >= 11 is 0. The second-order valence-electron chi connectivity index (χ2n) is 4.57. The number of nitrogens with one attached hydrogen (secondary N) is 1. The Bertz CT molecular complexity index is 438. The standard InChI is InChI=1S/C13H15NO2/c1-16-10-7-3-6-9-11(10)13(15)14-12(9)8-4-2-5-8/h3,6-8,12H,2,4-5H2,1H3,(H,14,15). The normalized spacial score (nSPS) is 23.6. The number of amides is 1. The molecular formula is C13H15NO2. The summed E-state index contributed by atoms with van der Waals surface area (Å²) in [6, 6.07) is 6.07. The van der Waals surface area contributed by atoms with Gasteiger partial charge in [0.25, 0.3) is 5.91 Å². The third-order valence-corrected chi connectivity index (χ3v) is 3.75. The molecule has 0 spiro atoms. The summed E-state index contributed by atoms with van der Waals surface area (Å²) in [4.78, 5) is 11.9. The zero-order valence-electron chi connectivity index (χ0n) is 9.32. The van der Waals surface area contributed by atoms with E-state index in [2.05, 4.69) is 5.32 Å². The molecule has 1 atom stereocenters. The van der Waals surface area contributed by atoms with E-state index < -0.39 is 0 Å². The number of rotatable bonds is 2. The molecule has 0 radical (unpaired) electrons. The Hall–Kier alpha value is -1.51. The number of methoxy groups -OCH3 is 1. The number of ether oxygens (including phenoxy) is 1. The van der Waals surface area contributed by atoms with Crippen LogP contribution in [-0.4, -0.2) is 13.0 Å². The Morgan fingerprint density at radius 3 is 2.81 bits per heavy atom. The minimum atomic E-state index is 0.0179. The Labute approximate surface area is 94.8 Å². The van der Waals surface area contributed by atoms with Crippen LogP contribution >= 0.6 is 0 Å². The highest BCUT2D eigenvalue weighted by atomic mass is 16.5. The number of carbonyl (C=O) groups is 1. The van der Waals surface area contributed by atoms with Crippen LogP contribution in [0.25, 0.3) is 0 Å². The van der Waals surface area contributed by atoms with Crippen molar-refractivity contribution in [1.29, 1.82) is 0 Å². The second-order valence-corrected chi connectivity index (χ2v) is 4.57. The summed E-state index contributed by atoms with van der Waals surface area (Å²) in [5.41, 5.74) is 1.86. The highest BCUT2D eigenvalue weighted by molar-refractivity contribution is 6.01. The highest BCUT2D eigenvalue weighted by Gasteiger charge is 2.38. The maximum absolute atomic E-state index is 11.9. The summed E-state index contributed by atoms with van der Waals surface area (Å²) in [5.74, 6) is 1.33. The molecule has 84 valence electrons. The van der Waals surface area contributed by atoms with Crippen LogP contribution in [0, 0.1) is 5.92 Å². The van der Waals surface area contributed by atoms with Gasteiger partial charge in [0.1, 0.15) is 5.75 Å². The molecule has 1 aromatic rings. The van der Waals surface area contributed by atoms with Crippen molar-refractivity contribution in [3.8, 4) is 5.75 Å². The van der Waals surface area contributed by atoms with Crippen molar-refractivity contribution < 1.29 is 9.53 Å². The maximum Gasteiger partial charge on any atom is 0.255 e. The van der Waals surface area contributed by atoms with E-state index in [1.165, 1.54) is 19.3 Å². The third kappa shape index (κ3) is 1.24. The molecule has 3 heteroatoms. The summed E-state index contributed by atoms with van der Waals surface area (Å²) < 4.78 is 5.25. The quantitative estimate of drug-likeness (QED) is 0.825. The van der Waals surface area contributed by atoms with Gasteiger partial charge >= 0.3 is 0 Å². The molecule has 1 fully saturated rings. The Balaban J connectivity index is 2.04. The predicted octanol–water partition coefficient (Wildman–Crippen LogP) is 2.28. The summed E-state index contributed by atoms with van der Waals surface area (Å²) in [5, 5.41) is 3.08. The van der Waals surface area contributed by atoms with Crippen LogP contribution in [-0.2, 0) is 0 Å². The van der Waals surface area contributed by atoms with Gasteiger partial charge in [0.15, 0.2) is 0 Å². The third-order valence-electron chi connectivity index (χ3n) is 3.75. The lowest BCUT2D eigenvalue weighted by molar-refractivity contribution is 0.0930. The van der Waals surface area contributed by atoms with Crippen LogP contribution in [0.3, 0.4) is 0 Å². The van der Waals surface area contributed by atoms with Crippen LogP contribution < -0.4 is 10.1 Å². The average Bonchev–Trinajstić information content (AvgIpc) is 2.54. The highest BCUT2D eigenvalue weighted by Crippen LogP contribution is 2.43. The SMILES string of the molecule is COc1cccc2c1C(=O)NC2C1CCC1. The minimum absolute atomic E-state index is 0.0179. The lowest BCUT2D eigenvalue weighted by Crippen LogP contribution is -2.29. The number of benzene rings is 1. The molecule has 1 aliphatic carbocycles. The van der Waals surface area contributed by atoms with Crippen molar-refractivity contribution in [3.63, 3.8) is 0 Å². The smallest absolute Gasteiger partial charge is 0.255 e. The van der Waals surface area contributed by atoms with E-state index in [1.54, 1.807) is 7.11 Å². The van der Waals surface area contributed by atoms with Gasteiger partial charge in [-0.1, -0.05) is 18.6 Å². The van der Waals surface area contributed by atoms with E-state index in [0.717, 1.165) is 11.1 Å². The number of hydrogen-bond donors (Lipinski definition) is 1. The van der Waals surface area contributed by atoms with E-state index >= 15 is 0 Å². The van der Waals surface area contributed by atoms with Gasteiger partial charge in [0, 0.05) is 0 Å². The van der Waals surface area contributed by atoms with Crippen LogP contribution in [0.4, 0.5) is 0 Å². The van der Waals surface area contributed by atoms with E-state index in [1.807, 2.05) is 18.2 Å². The first-order valence-electron chi connectivity index (χ1n) is 5.79. The Kier molecular flexibility index (Phi) is 2.13. The van der Waals surface area contributed by atoms with E-state index in [-0.39, 0.29) is 11.9 Å². The molecule has 1 heterocycles. The molecule has 1 aromatic carbocycles. The fraction of sp³-hybridized carbons (Fsp3) is 0.462. The zero-order valence-corrected chi connectivity index (χ0v) is 9.32. The van der Waals surface area contributed by atoms with Gasteiger partial charge in [-0.05, 0) is 30.4 Å². The van der Waals surface area contributed by atoms with E-state index in [4.69, 9.17) is 4.74 Å². The van der Waals surface area contributed by atoms with Gasteiger partial charge in [-0.25, -0.2) is 0 Å². The van der Waals surface area contributed by atoms with Gasteiger partial charge in [0.2, 0.25) is 0 Å². The van der Waals surface area contributed by atoms with Crippen molar-refractivity contribution in [2.24, 2.45) is 5.92 Å². The Morgan fingerprint density at radius 2 is 2.19 bits per heavy atom. The van der Waals surface area contributed by atoms with Crippen molar-refractivity contribution in [3.05, 3.63) is 29.3 Å². The number of hydrogen-bond acceptors (Lipinski definition) is 2. The molecule has 0 saturated heterocycles. The molecule has 1 amide bonds. The molecule has 0 aromatic heterocycles. The first-order chi connectivity index (χ1) is 7.81. The number of fused-ring (bicyclic) bond motifs is 1. The zero-order chi connectivity index (χ0) is 11.1. The van der Waals surface area contributed by atoms with Gasteiger partial charge in [-0.2, -0.15) is 0 Å². The van der Waals surface area contributed by atoms with Crippen LogP contribution in [0.5, 0.6) is 5.75 Å². The molecule has 16 heavy (non-hydrogen) atoms. The van der Waals surface area contributed by atoms with Crippen molar-refractivity contribution in [2.75, 3.05) is 7.11 Å². The topological polar surface area (TPSA) is 38.3 Å². The van der Waals surface area contributed by atoms with Gasteiger partial charge in [-0.3, -0.25) is 4.79 Å². The average molecular weight is 217 g/mol. The van der Waals surface area contributed by atoms with Crippen LogP contribution in [0.15, 0.2) is 18.2 Å². The fourth-order valence-corrected chi connectivity index (χ4v) is 2.66. The molecule has 2 aliphatic rings. The van der Waals surface area contributed by atoms with E-state index in [0.29, 0.717) is 11.7 Å². The molecule has 1 N–H and O–H groups in total. The number of carbonyl (C=O) groups excluding carboxylic acids is 1. The summed E-state index contributed by atoms with van der Waals surface area (Å²) in [6.45, 7) is 0. The fourth-order valence-electron chi connectivity index (χ4n) is 2.66. The molecule has 1 aliphatic heterocycles. The van der Waals surface area contributed by atoms with Gasteiger partial charge < -0.3 is 10.1 Å². The minimum Gasteiger partial charge on any atom is -0.496 e. The molecule has 3 nitrogen and oxygen atoms in total. The summed E-state index contributed by atoms with van der Waals surface area (Å²) in [7, 11) is 1.61. The van der Waals surface area contributed by atoms with Crippen LogP contribution in [0.2, 0.25) is 0 Å². The monoisotopic (exact) mass is 217 g/mol. The molecule has 1 saturated carbocycles. The van der Waals surface area contributed by atoms with Crippen molar-refractivity contribution >= 4 is 5.91 Å². The van der Waals surface area contributed by atoms with Gasteiger partial charge in [-0.15, -0.1) is 0 Å². The lowest BCUT2D eigenvalue weighted by atomic mass is 9.77. The van der Waals surface area contributed by atoms with E-state index in [9.17, 15) is 4.79 Å².